The van der Waals surface area contributed by atoms with Gasteiger partial charge in [0, 0.05) is 19.1 Å². The van der Waals surface area contributed by atoms with Gasteiger partial charge in [0.25, 0.3) is 6.08 Å². The van der Waals surface area contributed by atoms with Gasteiger partial charge in [-0.1, -0.05) is 0 Å². The number of rotatable bonds is 2. The molecule has 1 rings (SSSR count). The minimum absolute atomic E-state index is 0.115. The van der Waals surface area contributed by atoms with Gasteiger partial charge in [0.2, 0.25) is 0 Å². The Labute approximate surface area is 75.0 Å². The molecule has 1 N–H and O–H groups in total. The molecule has 3 nitrogen and oxygen atoms in total. The zero-order valence-corrected chi connectivity index (χ0v) is 7.30. The summed E-state index contributed by atoms with van der Waals surface area (Å²) in [6, 6.07) is 0. The van der Waals surface area contributed by atoms with Crippen molar-refractivity contribution in [1.82, 2.24) is 0 Å². The molecule has 0 amide bonds. The van der Waals surface area contributed by atoms with Crippen molar-refractivity contribution in [3.8, 4) is 0 Å². The number of halogens is 2. The Bertz CT molecular complexity index is 202. The van der Waals surface area contributed by atoms with E-state index in [1.165, 1.54) is 7.11 Å². The Kier molecular flexibility index (Phi) is 3.77. The van der Waals surface area contributed by atoms with Gasteiger partial charge in [-0.15, -0.1) is 0 Å². The highest BCUT2D eigenvalue weighted by atomic mass is 19.3. The molecule has 0 radical (unpaired) electrons. The standard InChI is InChI=1S/C8H12F2O3/c1-12-7-3-2-5(8(9)10)6(4-11)13-7/h6-7,11H,2-4H2,1H3/t6-,7+/m1/s1. The van der Waals surface area contributed by atoms with E-state index in [0.717, 1.165) is 0 Å². The van der Waals surface area contributed by atoms with Crippen molar-refractivity contribution in [3.05, 3.63) is 11.7 Å². The lowest BCUT2D eigenvalue weighted by Crippen LogP contribution is -2.33. The average Bonchev–Trinajstić information content (AvgIpc) is 2.16. The molecule has 1 fully saturated rings. The van der Waals surface area contributed by atoms with E-state index in [1.807, 2.05) is 0 Å². The summed E-state index contributed by atoms with van der Waals surface area (Å²) < 4.78 is 34.4. The maximum Gasteiger partial charge on any atom is 0.272 e. The van der Waals surface area contributed by atoms with E-state index in [4.69, 9.17) is 14.6 Å². The predicted octanol–water partition coefficient (Wildman–Crippen LogP) is 1.28. The molecule has 0 unspecified atom stereocenters. The molecule has 1 saturated heterocycles. The summed E-state index contributed by atoms with van der Waals surface area (Å²) in [6.07, 6.45) is -2.54. The number of hydrogen-bond donors (Lipinski definition) is 1. The van der Waals surface area contributed by atoms with Crippen LogP contribution in [0, 0.1) is 0 Å². The zero-order valence-electron chi connectivity index (χ0n) is 7.30. The third-order valence-corrected chi connectivity index (χ3v) is 2.03. The van der Waals surface area contributed by atoms with Crippen LogP contribution in [0.1, 0.15) is 12.8 Å². The van der Waals surface area contributed by atoms with Crippen molar-refractivity contribution < 1.29 is 23.4 Å². The molecule has 0 aromatic heterocycles. The van der Waals surface area contributed by atoms with E-state index in [0.29, 0.717) is 6.42 Å². The highest BCUT2D eigenvalue weighted by molar-refractivity contribution is 5.11. The monoisotopic (exact) mass is 194 g/mol. The van der Waals surface area contributed by atoms with Crippen molar-refractivity contribution in [1.29, 1.82) is 0 Å². The number of aliphatic hydroxyl groups is 1. The molecule has 2 atom stereocenters. The maximum absolute atomic E-state index is 12.2. The van der Waals surface area contributed by atoms with E-state index in [1.54, 1.807) is 0 Å². The largest absolute Gasteiger partial charge is 0.393 e. The van der Waals surface area contributed by atoms with Gasteiger partial charge >= 0.3 is 0 Å². The Morgan fingerprint density at radius 1 is 1.69 bits per heavy atom. The summed E-state index contributed by atoms with van der Waals surface area (Å²) >= 11 is 0. The fourth-order valence-corrected chi connectivity index (χ4v) is 1.31. The SMILES string of the molecule is CO[C@@H]1CCC(=C(F)F)[C@@H](CO)O1. The Morgan fingerprint density at radius 2 is 2.38 bits per heavy atom. The topological polar surface area (TPSA) is 38.7 Å². The highest BCUT2D eigenvalue weighted by Crippen LogP contribution is 2.28. The third-order valence-electron chi connectivity index (χ3n) is 2.03. The fourth-order valence-electron chi connectivity index (χ4n) is 1.31. The molecule has 0 saturated carbocycles. The molecule has 0 bridgehead atoms. The van der Waals surface area contributed by atoms with Crippen LogP contribution in [0.2, 0.25) is 0 Å². The summed E-state index contributed by atoms with van der Waals surface area (Å²) in [5.41, 5.74) is -0.115. The zero-order chi connectivity index (χ0) is 9.84. The minimum Gasteiger partial charge on any atom is -0.393 e. The molecule has 5 heteroatoms. The van der Waals surface area contributed by atoms with Crippen LogP contribution in [-0.4, -0.2) is 31.2 Å². The number of aliphatic hydroxyl groups excluding tert-OH is 1. The van der Waals surface area contributed by atoms with Gasteiger partial charge in [0.15, 0.2) is 6.29 Å². The van der Waals surface area contributed by atoms with Gasteiger partial charge < -0.3 is 14.6 Å². The molecule has 0 aromatic carbocycles. The number of methoxy groups -OCH3 is 1. The lowest BCUT2D eigenvalue weighted by atomic mass is 10.0. The van der Waals surface area contributed by atoms with E-state index >= 15 is 0 Å². The van der Waals surface area contributed by atoms with Crippen LogP contribution in [-0.2, 0) is 9.47 Å². The molecule has 76 valence electrons. The van der Waals surface area contributed by atoms with E-state index in [-0.39, 0.29) is 12.0 Å². The van der Waals surface area contributed by atoms with Crippen LogP contribution in [0.5, 0.6) is 0 Å². The Morgan fingerprint density at radius 3 is 2.85 bits per heavy atom. The normalized spacial score (nSPS) is 29.1. The molecule has 0 aromatic rings. The molecule has 0 spiro atoms. The highest BCUT2D eigenvalue weighted by Gasteiger charge is 2.28. The molecule has 1 aliphatic rings. The average molecular weight is 194 g/mol. The molecule has 13 heavy (non-hydrogen) atoms. The van der Waals surface area contributed by atoms with E-state index in [2.05, 4.69) is 0 Å². The van der Waals surface area contributed by atoms with E-state index in [9.17, 15) is 8.78 Å². The van der Waals surface area contributed by atoms with Crippen molar-refractivity contribution in [2.24, 2.45) is 0 Å². The molecular weight excluding hydrogens is 182 g/mol. The second-order valence-corrected chi connectivity index (χ2v) is 2.80. The first-order valence-electron chi connectivity index (χ1n) is 4.02. The lowest BCUT2D eigenvalue weighted by Gasteiger charge is -2.29. The van der Waals surface area contributed by atoms with Crippen LogP contribution in [0.25, 0.3) is 0 Å². The first-order chi connectivity index (χ1) is 6.19. The van der Waals surface area contributed by atoms with Crippen molar-refractivity contribution in [3.63, 3.8) is 0 Å². The molecule has 0 aliphatic carbocycles. The summed E-state index contributed by atoms with van der Waals surface area (Å²) in [5.74, 6) is 0. The second-order valence-electron chi connectivity index (χ2n) is 2.80. The fraction of sp³-hybridized carbons (Fsp3) is 0.750. The Balaban J connectivity index is 2.66. The van der Waals surface area contributed by atoms with Gasteiger partial charge in [-0.3, -0.25) is 0 Å². The smallest absolute Gasteiger partial charge is 0.272 e. The van der Waals surface area contributed by atoms with Crippen molar-refractivity contribution >= 4 is 0 Å². The second kappa shape index (κ2) is 4.64. The molecule has 1 heterocycles. The van der Waals surface area contributed by atoms with Crippen LogP contribution in [0.3, 0.4) is 0 Å². The summed E-state index contributed by atoms with van der Waals surface area (Å²) in [7, 11) is 1.44. The van der Waals surface area contributed by atoms with Crippen molar-refractivity contribution in [2.45, 2.75) is 25.2 Å². The van der Waals surface area contributed by atoms with Crippen LogP contribution in [0.4, 0.5) is 8.78 Å². The van der Waals surface area contributed by atoms with Gasteiger partial charge in [0.1, 0.15) is 6.10 Å². The van der Waals surface area contributed by atoms with Crippen LogP contribution >= 0.6 is 0 Å². The van der Waals surface area contributed by atoms with Crippen molar-refractivity contribution in [2.75, 3.05) is 13.7 Å². The van der Waals surface area contributed by atoms with E-state index < -0.39 is 25.1 Å². The first-order valence-corrected chi connectivity index (χ1v) is 4.02. The summed E-state index contributed by atoms with van der Waals surface area (Å²) in [6.45, 7) is -0.438. The number of hydrogen-bond acceptors (Lipinski definition) is 3. The minimum atomic E-state index is -1.76. The van der Waals surface area contributed by atoms with Gasteiger partial charge in [-0.2, -0.15) is 8.78 Å². The molecule has 1 aliphatic heterocycles. The predicted molar refractivity (Wildman–Crippen MR) is 41.2 cm³/mol. The summed E-state index contributed by atoms with van der Waals surface area (Å²) in [4.78, 5) is 0. The first kappa shape index (κ1) is 10.6. The maximum atomic E-state index is 12.2. The van der Waals surface area contributed by atoms with Crippen LogP contribution in [0.15, 0.2) is 11.7 Å². The summed E-state index contributed by atoms with van der Waals surface area (Å²) in [5, 5.41) is 8.78. The van der Waals surface area contributed by atoms with Gasteiger partial charge in [0.05, 0.1) is 6.61 Å². The van der Waals surface area contributed by atoms with Crippen LogP contribution < -0.4 is 0 Å². The quantitative estimate of drug-likeness (QED) is 0.719. The van der Waals surface area contributed by atoms with Gasteiger partial charge in [-0.05, 0) is 6.42 Å². The van der Waals surface area contributed by atoms with Gasteiger partial charge in [-0.25, -0.2) is 0 Å². The molecular formula is C8H12F2O3. The lowest BCUT2D eigenvalue weighted by molar-refractivity contribution is -0.172. The number of ether oxygens (including phenoxy) is 2. The Hall–Kier alpha value is -0.520. The third kappa shape index (κ3) is 2.46.